The molecule has 1 aromatic carbocycles. The molecule has 0 heterocycles. The van der Waals surface area contributed by atoms with Gasteiger partial charge in [0.2, 0.25) is 0 Å². The molecule has 0 bridgehead atoms. The molecule has 0 N–H and O–H groups in total. The van der Waals surface area contributed by atoms with Crippen LogP contribution in [0.2, 0.25) is 0 Å². The van der Waals surface area contributed by atoms with Gasteiger partial charge in [0.15, 0.2) is 0 Å². The third kappa shape index (κ3) is 2.34. The second-order valence-electron chi connectivity index (χ2n) is 3.81. The Balaban J connectivity index is 3.18. The molecule has 0 saturated heterocycles. The Morgan fingerprint density at radius 2 is 1.69 bits per heavy atom. The molecule has 0 saturated carbocycles. The van der Waals surface area contributed by atoms with Crippen molar-refractivity contribution in [1.29, 1.82) is 0 Å². The van der Waals surface area contributed by atoms with Crippen molar-refractivity contribution in [2.45, 2.75) is 32.6 Å². The SMILES string of the molecule is [CH2]C(C)c1cccc(C(C)C)c1Br. The third-order valence-electron chi connectivity index (χ3n) is 2.21. The van der Waals surface area contributed by atoms with Crippen molar-refractivity contribution >= 4 is 15.9 Å². The average Bonchev–Trinajstić information content (AvgIpc) is 2.03. The lowest BCUT2D eigenvalue weighted by molar-refractivity contribution is 0.847. The lowest BCUT2D eigenvalue weighted by Gasteiger charge is -2.14. The van der Waals surface area contributed by atoms with Gasteiger partial charge in [-0.25, -0.2) is 0 Å². The molecular formula is C12H16Br. The van der Waals surface area contributed by atoms with E-state index in [0.29, 0.717) is 11.8 Å². The normalized spacial score (nSPS) is 11.3. The summed E-state index contributed by atoms with van der Waals surface area (Å²) >= 11 is 3.64. The summed E-state index contributed by atoms with van der Waals surface area (Å²) in [7, 11) is 0. The second-order valence-corrected chi connectivity index (χ2v) is 4.60. The smallest absolute Gasteiger partial charge is 0.0244 e. The first-order valence-corrected chi connectivity index (χ1v) is 5.44. The zero-order valence-corrected chi connectivity index (χ0v) is 10.1. The highest BCUT2D eigenvalue weighted by molar-refractivity contribution is 9.10. The van der Waals surface area contributed by atoms with E-state index in [0.717, 1.165) is 0 Å². The molecule has 0 spiro atoms. The number of halogens is 1. The van der Waals surface area contributed by atoms with Gasteiger partial charge in [0.05, 0.1) is 0 Å². The van der Waals surface area contributed by atoms with Crippen LogP contribution in [0.1, 0.15) is 43.7 Å². The zero-order chi connectivity index (χ0) is 10.0. The zero-order valence-electron chi connectivity index (χ0n) is 8.47. The van der Waals surface area contributed by atoms with Crippen LogP contribution in [0.4, 0.5) is 0 Å². The summed E-state index contributed by atoms with van der Waals surface area (Å²) in [6.07, 6.45) is 0. The van der Waals surface area contributed by atoms with Crippen molar-refractivity contribution in [3.63, 3.8) is 0 Å². The van der Waals surface area contributed by atoms with E-state index in [1.165, 1.54) is 15.6 Å². The molecule has 0 aliphatic rings. The molecule has 0 nitrogen and oxygen atoms in total. The Kier molecular flexibility index (Phi) is 3.55. The molecule has 0 aliphatic carbocycles. The van der Waals surface area contributed by atoms with Gasteiger partial charge < -0.3 is 0 Å². The van der Waals surface area contributed by atoms with E-state index in [4.69, 9.17) is 0 Å². The van der Waals surface area contributed by atoms with Crippen LogP contribution in [-0.4, -0.2) is 0 Å². The van der Waals surface area contributed by atoms with Crippen LogP contribution in [-0.2, 0) is 0 Å². The summed E-state index contributed by atoms with van der Waals surface area (Å²) in [4.78, 5) is 0. The van der Waals surface area contributed by atoms with E-state index in [9.17, 15) is 0 Å². The topological polar surface area (TPSA) is 0 Å². The first-order chi connectivity index (χ1) is 6.04. The molecule has 1 radical (unpaired) electrons. The minimum atomic E-state index is 0.341. The standard InChI is InChI=1S/C12H16Br/c1-8(2)10-6-5-7-11(9(3)4)12(10)13/h5-9H,1H2,2-4H3. The van der Waals surface area contributed by atoms with Crippen LogP contribution in [0.3, 0.4) is 0 Å². The molecule has 0 amide bonds. The molecule has 0 aliphatic heterocycles. The van der Waals surface area contributed by atoms with Gasteiger partial charge >= 0.3 is 0 Å². The summed E-state index contributed by atoms with van der Waals surface area (Å²) in [6, 6.07) is 6.41. The minimum Gasteiger partial charge on any atom is -0.0616 e. The fourth-order valence-corrected chi connectivity index (χ4v) is 2.51. The first kappa shape index (κ1) is 10.8. The average molecular weight is 240 g/mol. The van der Waals surface area contributed by atoms with Gasteiger partial charge in [0.1, 0.15) is 0 Å². The first-order valence-electron chi connectivity index (χ1n) is 4.65. The van der Waals surface area contributed by atoms with Gasteiger partial charge in [-0.3, -0.25) is 0 Å². The number of hydrogen-bond acceptors (Lipinski definition) is 0. The predicted molar refractivity (Wildman–Crippen MR) is 62.0 cm³/mol. The fraction of sp³-hybridized carbons (Fsp3) is 0.417. The molecule has 0 fully saturated rings. The Hall–Kier alpha value is -0.300. The number of rotatable bonds is 2. The fourth-order valence-electron chi connectivity index (χ4n) is 1.39. The van der Waals surface area contributed by atoms with E-state index in [1.54, 1.807) is 0 Å². The monoisotopic (exact) mass is 239 g/mol. The van der Waals surface area contributed by atoms with E-state index in [1.807, 2.05) is 0 Å². The minimum absolute atomic E-state index is 0.341. The van der Waals surface area contributed by atoms with Crippen molar-refractivity contribution in [3.05, 3.63) is 40.7 Å². The van der Waals surface area contributed by atoms with Crippen molar-refractivity contribution in [2.24, 2.45) is 0 Å². The van der Waals surface area contributed by atoms with Crippen LogP contribution in [0.25, 0.3) is 0 Å². The molecule has 1 rings (SSSR count). The van der Waals surface area contributed by atoms with Crippen LogP contribution in [0, 0.1) is 6.92 Å². The number of hydrogen-bond donors (Lipinski definition) is 0. The molecule has 1 unspecified atom stereocenters. The summed E-state index contributed by atoms with van der Waals surface area (Å²) in [5.74, 6) is 0.904. The van der Waals surface area contributed by atoms with E-state index in [2.05, 4.69) is 61.8 Å². The third-order valence-corrected chi connectivity index (χ3v) is 3.13. The van der Waals surface area contributed by atoms with Gasteiger partial charge in [0, 0.05) is 4.47 Å². The van der Waals surface area contributed by atoms with Gasteiger partial charge in [-0.15, -0.1) is 0 Å². The highest BCUT2D eigenvalue weighted by Gasteiger charge is 2.10. The number of benzene rings is 1. The van der Waals surface area contributed by atoms with Crippen LogP contribution >= 0.6 is 15.9 Å². The molecule has 71 valence electrons. The maximum Gasteiger partial charge on any atom is 0.0244 e. The Morgan fingerprint density at radius 3 is 2.15 bits per heavy atom. The van der Waals surface area contributed by atoms with Gasteiger partial charge in [-0.2, -0.15) is 0 Å². The van der Waals surface area contributed by atoms with E-state index in [-0.39, 0.29) is 0 Å². The Bertz CT molecular complexity index is 261. The van der Waals surface area contributed by atoms with Crippen molar-refractivity contribution in [2.75, 3.05) is 0 Å². The molecule has 13 heavy (non-hydrogen) atoms. The van der Waals surface area contributed by atoms with Crippen molar-refractivity contribution in [1.82, 2.24) is 0 Å². The molecule has 0 aromatic heterocycles. The highest BCUT2D eigenvalue weighted by Crippen LogP contribution is 2.31. The van der Waals surface area contributed by atoms with E-state index < -0.39 is 0 Å². The van der Waals surface area contributed by atoms with E-state index >= 15 is 0 Å². The van der Waals surface area contributed by atoms with Gasteiger partial charge in [0.25, 0.3) is 0 Å². The molecule has 1 atom stereocenters. The van der Waals surface area contributed by atoms with Crippen LogP contribution in [0.15, 0.2) is 22.7 Å². The highest BCUT2D eigenvalue weighted by atomic mass is 79.9. The Labute approximate surface area is 89.5 Å². The summed E-state index contributed by atoms with van der Waals surface area (Å²) in [5.41, 5.74) is 2.67. The quantitative estimate of drug-likeness (QED) is 0.713. The summed E-state index contributed by atoms with van der Waals surface area (Å²) in [5, 5.41) is 0. The van der Waals surface area contributed by atoms with Crippen molar-refractivity contribution in [3.8, 4) is 0 Å². The second kappa shape index (κ2) is 4.28. The maximum absolute atomic E-state index is 4.04. The largest absolute Gasteiger partial charge is 0.0616 e. The molecular weight excluding hydrogens is 224 g/mol. The van der Waals surface area contributed by atoms with Gasteiger partial charge in [-0.05, 0) is 29.9 Å². The van der Waals surface area contributed by atoms with Gasteiger partial charge in [-0.1, -0.05) is 54.9 Å². The molecule has 1 heteroatoms. The van der Waals surface area contributed by atoms with Crippen LogP contribution in [0.5, 0.6) is 0 Å². The summed E-state index contributed by atoms with van der Waals surface area (Å²) < 4.78 is 1.23. The molecule has 1 aromatic rings. The predicted octanol–water partition coefficient (Wildman–Crippen LogP) is 4.51. The Morgan fingerprint density at radius 1 is 1.15 bits per heavy atom. The van der Waals surface area contributed by atoms with Crippen molar-refractivity contribution < 1.29 is 0 Å². The maximum atomic E-state index is 4.04. The summed E-state index contributed by atoms with van der Waals surface area (Å²) in [6.45, 7) is 10.6. The van der Waals surface area contributed by atoms with Crippen LogP contribution < -0.4 is 0 Å². The lowest BCUT2D eigenvalue weighted by atomic mass is 9.96. The lowest BCUT2D eigenvalue weighted by Crippen LogP contribution is -1.95.